The van der Waals surface area contributed by atoms with Crippen LogP contribution in [0.2, 0.25) is 0 Å². The van der Waals surface area contributed by atoms with Gasteiger partial charge in [0.2, 0.25) is 0 Å². The van der Waals surface area contributed by atoms with Crippen molar-refractivity contribution < 1.29 is 9.18 Å². The molecule has 2 aliphatic rings. The Morgan fingerprint density at radius 2 is 2.05 bits per heavy atom. The maximum Gasteiger partial charge on any atom is 0.257 e. The second-order valence-corrected chi connectivity index (χ2v) is 5.90. The Morgan fingerprint density at radius 3 is 2.85 bits per heavy atom. The predicted molar refractivity (Wildman–Crippen MR) is 74.6 cm³/mol. The number of hydrogen-bond donors (Lipinski definition) is 1. The highest BCUT2D eigenvalue weighted by Crippen LogP contribution is 2.36. The summed E-state index contributed by atoms with van der Waals surface area (Å²) in [5.74, 6) is 0.191. The fourth-order valence-corrected chi connectivity index (χ4v) is 3.58. The van der Waals surface area contributed by atoms with E-state index in [9.17, 15) is 9.18 Å². The molecule has 1 saturated carbocycles. The molecule has 2 N–H and O–H groups in total. The lowest BCUT2D eigenvalue weighted by atomic mass is 9.75. The number of fused-ring (bicyclic) bond motifs is 1. The maximum atomic E-state index is 13.9. The van der Waals surface area contributed by atoms with Crippen LogP contribution in [0.25, 0.3) is 0 Å². The number of rotatable bonds is 1. The summed E-state index contributed by atoms with van der Waals surface area (Å²) in [5, 5.41) is 0. The highest BCUT2D eigenvalue weighted by Gasteiger charge is 2.33. The van der Waals surface area contributed by atoms with Crippen molar-refractivity contribution in [3.63, 3.8) is 0 Å². The summed E-state index contributed by atoms with van der Waals surface area (Å²) in [7, 11) is 0. The van der Waals surface area contributed by atoms with Gasteiger partial charge in [0.05, 0.1) is 5.56 Å². The molecule has 1 aliphatic carbocycles. The van der Waals surface area contributed by atoms with Crippen molar-refractivity contribution in [3.05, 3.63) is 23.6 Å². The number of nitrogen functional groups attached to an aromatic ring is 1. The van der Waals surface area contributed by atoms with Gasteiger partial charge in [0, 0.05) is 19.3 Å². The molecule has 0 bridgehead atoms. The number of likely N-dealkylation sites (tertiary alicyclic amines) is 1. The van der Waals surface area contributed by atoms with E-state index in [1.165, 1.54) is 37.9 Å². The van der Waals surface area contributed by atoms with E-state index < -0.39 is 5.82 Å². The molecule has 0 spiro atoms. The normalized spacial score (nSPS) is 26.1. The molecule has 1 aliphatic heterocycles. The SMILES string of the molecule is Nc1nccc(C(=O)N2CCC3CCCCC3C2)c1F. The minimum atomic E-state index is -0.691. The van der Waals surface area contributed by atoms with Crippen molar-refractivity contribution in [2.45, 2.75) is 32.1 Å². The lowest BCUT2D eigenvalue weighted by molar-refractivity contribution is 0.0516. The number of nitrogens with two attached hydrogens (primary N) is 1. The van der Waals surface area contributed by atoms with Crippen LogP contribution in [0.1, 0.15) is 42.5 Å². The summed E-state index contributed by atoms with van der Waals surface area (Å²) >= 11 is 0. The summed E-state index contributed by atoms with van der Waals surface area (Å²) in [5.41, 5.74) is 5.49. The van der Waals surface area contributed by atoms with Crippen LogP contribution in [-0.4, -0.2) is 28.9 Å². The van der Waals surface area contributed by atoms with Crippen LogP contribution >= 0.6 is 0 Å². The zero-order valence-corrected chi connectivity index (χ0v) is 11.5. The molecule has 1 aromatic heterocycles. The summed E-state index contributed by atoms with van der Waals surface area (Å²) in [4.78, 5) is 17.9. The number of anilines is 1. The largest absolute Gasteiger partial charge is 0.381 e. The van der Waals surface area contributed by atoms with Crippen LogP contribution in [0, 0.1) is 17.7 Å². The summed E-state index contributed by atoms with van der Waals surface area (Å²) in [6, 6.07) is 1.42. The Kier molecular flexibility index (Phi) is 3.59. The zero-order valence-electron chi connectivity index (χ0n) is 11.5. The molecule has 2 atom stereocenters. The number of amides is 1. The summed E-state index contributed by atoms with van der Waals surface area (Å²) < 4.78 is 13.9. The standard InChI is InChI=1S/C15H20FN3O/c16-13-12(5-7-18-14(13)17)15(20)19-8-6-10-3-1-2-4-11(10)9-19/h5,7,10-11H,1-4,6,8-9H2,(H2,17,18). The van der Waals surface area contributed by atoms with Crippen LogP contribution in [0.3, 0.4) is 0 Å². The van der Waals surface area contributed by atoms with Crippen molar-refractivity contribution >= 4 is 11.7 Å². The van der Waals surface area contributed by atoms with Crippen LogP contribution in [-0.2, 0) is 0 Å². The van der Waals surface area contributed by atoms with E-state index >= 15 is 0 Å². The number of nitrogens with zero attached hydrogens (tertiary/aromatic N) is 2. The second kappa shape index (κ2) is 5.38. The number of pyridine rings is 1. The first kappa shape index (κ1) is 13.3. The van der Waals surface area contributed by atoms with Gasteiger partial charge in [-0.3, -0.25) is 4.79 Å². The first-order valence-corrected chi connectivity index (χ1v) is 7.36. The summed E-state index contributed by atoms with van der Waals surface area (Å²) in [6.07, 6.45) is 7.46. The number of hydrogen-bond acceptors (Lipinski definition) is 3. The van der Waals surface area contributed by atoms with Crippen LogP contribution in [0.5, 0.6) is 0 Å². The van der Waals surface area contributed by atoms with Gasteiger partial charge >= 0.3 is 0 Å². The zero-order chi connectivity index (χ0) is 14.1. The van der Waals surface area contributed by atoms with Gasteiger partial charge < -0.3 is 10.6 Å². The van der Waals surface area contributed by atoms with Crippen molar-refractivity contribution in [3.8, 4) is 0 Å². The average Bonchev–Trinajstić information content (AvgIpc) is 2.49. The molecule has 2 fully saturated rings. The molecule has 0 aromatic carbocycles. The topological polar surface area (TPSA) is 59.2 Å². The third kappa shape index (κ3) is 2.37. The molecule has 2 heterocycles. The van der Waals surface area contributed by atoms with Gasteiger partial charge in [-0.05, 0) is 30.7 Å². The Bertz CT molecular complexity index is 520. The lowest BCUT2D eigenvalue weighted by Crippen LogP contribution is -2.45. The molecule has 1 saturated heterocycles. The average molecular weight is 277 g/mol. The highest BCUT2D eigenvalue weighted by molar-refractivity contribution is 5.95. The first-order chi connectivity index (χ1) is 9.66. The van der Waals surface area contributed by atoms with Gasteiger partial charge in [0.1, 0.15) is 0 Å². The minimum Gasteiger partial charge on any atom is -0.381 e. The number of carbonyl (C=O) groups excluding carboxylic acids is 1. The van der Waals surface area contributed by atoms with Gasteiger partial charge in [-0.15, -0.1) is 0 Å². The van der Waals surface area contributed by atoms with Gasteiger partial charge in [0.15, 0.2) is 11.6 Å². The van der Waals surface area contributed by atoms with Gasteiger partial charge in [-0.1, -0.05) is 19.3 Å². The lowest BCUT2D eigenvalue weighted by Gasteiger charge is -2.41. The second-order valence-electron chi connectivity index (χ2n) is 5.90. The number of halogens is 1. The third-order valence-electron chi connectivity index (χ3n) is 4.72. The number of carbonyl (C=O) groups is 1. The van der Waals surface area contributed by atoms with Crippen LogP contribution in [0.4, 0.5) is 10.2 Å². The van der Waals surface area contributed by atoms with E-state index in [2.05, 4.69) is 4.98 Å². The van der Waals surface area contributed by atoms with Crippen molar-refractivity contribution in [2.75, 3.05) is 18.8 Å². The van der Waals surface area contributed by atoms with Crippen molar-refractivity contribution in [2.24, 2.45) is 11.8 Å². The van der Waals surface area contributed by atoms with Gasteiger partial charge in [-0.2, -0.15) is 0 Å². The van der Waals surface area contributed by atoms with E-state index in [0.29, 0.717) is 5.92 Å². The van der Waals surface area contributed by atoms with Crippen LogP contribution in [0.15, 0.2) is 12.3 Å². The molecule has 0 radical (unpaired) electrons. The van der Waals surface area contributed by atoms with Gasteiger partial charge in [0.25, 0.3) is 5.91 Å². The fraction of sp³-hybridized carbons (Fsp3) is 0.600. The van der Waals surface area contributed by atoms with Crippen molar-refractivity contribution in [1.29, 1.82) is 0 Å². The molecule has 1 aromatic rings. The highest BCUT2D eigenvalue weighted by atomic mass is 19.1. The third-order valence-corrected chi connectivity index (χ3v) is 4.72. The van der Waals surface area contributed by atoms with E-state index in [-0.39, 0.29) is 17.3 Å². The Balaban J connectivity index is 1.76. The van der Waals surface area contributed by atoms with Crippen LogP contribution < -0.4 is 5.73 Å². The monoisotopic (exact) mass is 277 g/mol. The maximum absolute atomic E-state index is 13.9. The predicted octanol–water partition coefficient (Wildman–Crippen LogP) is 2.46. The van der Waals surface area contributed by atoms with E-state index in [0.717, 1.165) is 25.4 Å². The fourth-order valence-electron chi connectivity index (χ4n) is 3.58. The molecular weight excluding hydrogens is 257 g/mol. The van der Waals surface area contributed by atoms with Gasteiger partial charge in [-0.25, -0.2) is 9.37 Å². The Labute approximate surface area is 118 Å². The molecule has 108 valence electrons. The summed E-state index contributed by atoms with van der Waals surface area (Å²) in [6.45, 7) is 1.48. The molecular formula is C15H20FN3O. The first-order valence-electron chi connectivity index (χ1n) is 7.36. The molecule has 3 rings (SSSR count). The molecule has 4 nitrogen and oxygen atoms in total. The Morgan fingerprint density at radius 1 is 1.30 bits per heavy atom. The number of piperidine rings is 1. The number of aromatic nitrogens is 1. The van der Waals surface area contributed by atoms with E-state index in [1.807, 2.05) is 0 Å². The molecule has 2 unspecified atom stereocenters. The smallest absolute Gasteiger partial charge is 0.257 e. The molecule has 20 heavy (non-hydrogen) atoms. The minimum absolute atomic E-state index is 0.0479. The Hall–Kier alpha value is -1.65. The van der Waals surface area contributed by atoms with E-state index in [1.54, 1.807) is 4.90 Å². The van der Waals surface area contributed by atoms with E-state index in [4.69, 9.17) is 5.73 Å². The molecule has 1 amide bonds. The molecule has 5 heteroatoms. The van der Waals surface area contributed by atoms with Crippen molar-refractivity contribution in [1.82, 2.24) is 9.88 Å². The quantitative estimate of drug-likeness (QED) is 0.857.